The molecule has 8 heteroatoms. The van der Waals surface area contributed by atoms with Gasteiger partial charge in [0.1, 0.15) is 0 Å². The maximum absolute atomic E-state index is 12.2. The molecule has 0 saturated heterocycles. The highest BCUT2D eigenvalue weighted by atomic mass is 32.2. The third-order valence-electron chi connectivity index (χ3n) is 3.23. The van der Waals surface area contributed by atoms with E-state index in [1.807, 2.05) is 0 Å². The van der Waals surface area contributed by atoms with Crippen LogP contribution in [0.2, 0.25) is 0 Å². The van der Waals surface area contributed by atoms with Crippen LogP contribution in [0.25, 0.3) is 0 Å². The second-order valence-corrected chi connectivity index (χ2v) is 8.49. The monoisotopic (exact) mass is 316 g/mol. The maximum atomic E-state index is 12.2. The van der Waals surface area contributed by atoms with Crippen molar-refractivity contribution in [3.63, 3.8) is 0 Å². The lowest BCUT2D eigenvalue weighted by molar-refractivity contribution is 0.575. The van der Waals surface area contributed by atoms with E-state index >= 15 is 0 Å². The highest BCUT2D eigenvalue weighted by Gasteiger charge is 2.27. The SMILES string of the molecule is Cc1cc(S(=O)(=O)NC2C=CS(=O)(=O)C2)cc(N)c1C. The van der Waals surface area contributed by atoms with Crippen LogP contribution in [0.4, 0.5) is 5.69 Å². The number of hydrogen-bond donors (Lipinski definition) is 2. The summed E-state index contributed by atoms with van der Waals surface area (Å²) < 4.78 is 49.3. The molecule has 1 aromatic rings. The molecule has 2 rings (SSSR count). The number of nitrogens with one attached hydrogen (secondary N) is 1. The summed E-state index contributed by atoms with van der Waals surface area (Å²) >= 11 is 0. The van der Waals surface area contributed by atoms with Crippen molar-refractivity contribution in [1.29, 1.82) is 0 Å². The Hall–Kier alpha value is -1.38. The zero-order valence-corrected chi connectivity index (χ0v) is 12.8. The highest BCUT2D eigenvalue weighted by molar-refractivity contribution is 7.94. The molecule has 3 N–H and O–H groups in total. The van der Waals surface area contributed by atoms with E-state index in [1.165, 1.54) is 18.2 Å². The van der Waals surface area contributed by atoms with Gasteiger partial charge in [-0.1, -0.05) is 6.08 Å². The van der Waals surface area contributed by atoms with Crippen LogP contribution < -0.4 is 10.5 Å². The first-order chi connectivity index (χ1) is 9.11. The van der Waals surface area contributed by atoms with Crippen molar-refractivity contribution in [3.8, 4) is 0 Å². The van der Waals surface area contributed by atoms with Crippen molar-refractivity contribution in [2.24, 2.45) is 0 Å². The molecule has 20 heavy (non-hydrogen) atoms. The van der Waals surface area contributed by atoms with Crippen molar-refractivity contribution in [1.82, 2.24) is 4.72 Å². The lowest BCUT2D eigenvalue weighted by atomic mass is 10.1. The van der Waals surface area contributed by atoms with Gasteiger partial charge in [0, 0.05) is 11.1 Å². The van der Waals surface area contributed by atoms with Crippen LogP contribution in [0.1, 0.15) is 11.1 Å². The quantitative estimate of drug-likeness (QED) is 0.789. The fourth-order valence-corrected chi connectivity index (χ4v) is 4.58. The lowest BCUT2D eigenvalue weighted by Gasteiger charge is -2.13. The molecule has 1 heterocycles. The summed E-state index contributed by atoms with van der Waals surface area (Å²) in [5.41, 5.74) is 7.75. The predicted octanol–water partition coefficient (Wildman–Crippen LogP) is 0.475. The van der Waals surface area contributed by atoms with Gasteiger partial charge in [-0.15, -0.1) is 0 Å². The minimum Gasteiger partial charge on any atom is -0.398 e. The number of hydrogen-bond acceptors (Lipinski definition) is 5. The molecule has 0 amide bonds. The topological polar surface area (TPSA) is 106 Å². The van der Waals surface area contributed by atoms with Crippen molar-refractivity contribution >= 4 is 25.5 Å². The van der Waals surface area contributed by atoms with Gasteiger partial charge >= 0.3 is 0 Å². The molecule has 6 nitrogen and oxygen atoms in total. The first-order valence-electron chi connectivity index (χ1n) is 5.91. The minimum atomic E-state index is -3.80. The Labute approximate surface area is 118 Å². The first kappa shape index (κ1) is 15.0. The summed E-state index contributed by atoms with van der Waals surface area (Å²) in [6, 6.07) is 2.15. The van der Waals surface area contributed by atoms with Crippen LogP contribution in [0.3, 0.4) is 0 Å². The molecular weight excluding hydrogens is 300 g/mol. The molecule has 0 bridgehead atoms. The molecule has 1 atom stereocenters. The number of sulfone groups is 1. The summed E-state index contributed by atoms with van der Waals surface area (Å²) in [6.07, 6.45) is 1.33. The predicted molar refractivity (Wildman–Crippen MR) is 77.4 cm³/mol. The molecule has 110 valence electrons. The summed E-state index contributed by atoms with van der Waals surface area (Å²) in [7, 11) is -7.11. The van der Waals surface area contributed by atoms with Gasteiger partial charge in [-0.2, -0.15) is 0 Å². The number of rotatable bonds is 3. The van der Waals surface area contributed by atoms with Crippen molar-refractivity contribution in [2.45, 2.75) is 24.8 Å². The van der Waals surface area contributed by atoms with Gasteiger partial charge in [-0.05, 0) is 37.1 Å². The smallest absolute Gasteiger partial charge is 0.241 e. The van der Waals surface area contributed by atoms with Crippen LogP contribution in [0.5, 0.6) is 0 Å². The summed E-state index contributed by atoms with van der Waals surface area (Å²) in [5, 5.41) is 1.02. The maximum Gasteiger partial charge on any atom is 0.241 e. The number of anilines is 1. The van der Waals surface area contributed by atoms with E-state index in [1.54, 1.807) is 13.8 Å². The second kappa shape index (κ2) is 4.87. The molecule has 1 aliphatic heterocycles. The average molecular weight is 316 g/mol. The Balaban J connectivity index is 2.30. The Morgan fingerprint density at radius 1 is 1.30 bits per heavy atom. The second-order valence-electron chi connectivity index (χ2n) is 4.84. The Bertz CT molecular complexity index is 757. The molecule has 0 spiro atoms. The molecule has 0 saturated carbocycles. The summed E-state index contributed by atoms with van der Waals surface area (Å²) in [4.78, 5) is 0.0378. The van der Waals surface area contributed by atoms with Crippen molar-refractivity contribution in [3.05, 3.63) is 34.7 Å². The van der Waals surface area contributed by atoms with E-state index in [-0.39, 0.29) is 10.6 Å². The van der Waals surface area contributed by atoms with Gasteiger partial charge in [-0.25, -0.2) is 21.6 Å². The highest BCUT2D eigenvalue weighted by Crippen LogP contribution is 2.22. The van der Waals surface area contributed by atoms with Crippen LogP contribution in [0, 0.1) is 13.8 Å². The Morgan fingerprint density at radius 3 is 2.45 bits per heavy atom. The van der Waals surface area contributed by atoms with E-state index < -0.39 is 25.9 Å². The van der Waals surface area contributed by atoms with Gasteiger partial charge in [0.05, 0.1) is 16.7 Å². The number of aryl methyl sites for hydroxylation is 1. The fourth-order valence-electron chi connectivity index (χ4n) is 1.92. The van der Waals surface area contributed by atoms with Gasteiger partial charge in [0.2, 0.25) is 10.0 Å². The normalized spacial score (nSPS) is 21.2. The molecule has 1 unspecified atom stereocenters. The van der Waals surface area contributed by atoms with E-state index in [0.29, 0.717) is 5.69 Å². The zero-order chi connectivity index (χ0) is 15.1. The van der Waals surface area contributed by atoms with E-state index in [0.717, 1.165) is 16.5 Å². The fraction of sp³-hybridized carbons (Fsp3) is 0.333. The lowest BCUT2D eigenvalue weighted by Crippen LogP contribution is -2.35. The van der Waals surface area contributed by atoms with Crippen LogP contribution in [-0.2, 0) is 19.9 Å². The number of nitrogens with two attached hydrogens (primary N) is 1. The number of nitrogen functional groups attached to an aromatic ring is 1. The third-order valence-corrected chi connectivity index (χ3v) is 6.09. The van der Waals surface area contributed by atoms with Gasteiger partial charge in [0.15, 0.2) is 9.84 Å². The van der Waals surface area contributed by atoms with Crippen molar-refractivity contribution in [2.75, 3.05) is 11.5 Å². The number of sulfonamides is 1. The van der Waals surface area contributed by atoms with Crippen LogP contribution in [-0.4, -0.2) is 28.6 Å². The van der Waals surface area contributed by atoms with Crippen LogP contribution >= 0.6 is 0 Å². The largest absolute Gasteiger partial charge is 0.398 e. The molecule has 0 fully saturated rings. The molecule has 0 aromatic heterocycles. The summed E-state index contributed by atoms with van der Waals surface area (Å²) in [5.74, 6) is -0.257. The van der Waals surface area contributed by atoms with Gasteiger partial charge < -0.3 is 5.73 Å². The van der Waals surface area contributed by atoms with E-state index in [9.17, 15) is 16.8 Å². The first-order valence-corrected chi connectivity index (χ1v) is 9.10. The Kier molecular flexibility index (Phi) is 3.66. The average Bonchev–Trinajstić information content (AvgIpc) is 2.64. The standard InChI is InChI=1S/C12H16N2O4S2/c1-8-5-11(6-12(13)9(8)2)20(17,18)14-10-3-4-19(15,16)7-10/h3-6,10,14H,7,13H2,1-2H3. The molecule has 1 aliphatic rings. The van der Waals surface area contributed by atoms with Crippen LogP contribution in [0.15, 0.2) is 28.5 Å². The molecule has 0 radical (unpaired) electrons. The third kappa shape index (κ3) is 3.02. The Morgan fingerprint density at radius 2 is 1.95 bits per heavy atom. The van der Waals surface area contributed by atoms with Gasteiger partial charge in [-0.3, -0.25) is 0 Å². The zero-order valence-electron chi connectivity index (χ0n) is 11.1. The minimum absolute atomic E-state index is 0.0378. The number of benzene rings is 1. The molecular formula is C12H16N2O4S2. The van der Waals surface area contributed by atoms with Gasteiger partial charge in [0.25, 0.3) is 0 Å². The summed E-state index contributed by atoms with van der Waals surface area (Å²) in [6.45, 7) is 3.57. The van der Waals surface area contributed by atoms with E-state index in [4.69, 9.17) is 5.73 Å². The molecule has 1 aromatic carbocycles. The van der Waals surface area contributed by atoms with E-state index in [2.05, 4.69) is 4.72 Å². The molecule has 0 aliphatic carbocycles. The van der Waals surface area contributed by atoms with Crippen molar-refractivity contribution < 1.29 is 16.8 Å².